The Kier molecular flexibility index (Phi) is 7.09. The van der Waals surface area contributed by atoms with E-state index in [-0.39, 0.29) is 0 Å². The molecule has 0 aliphatic heterocycles. The summed E-state index contributed by atoms with van der Waals surface area (Å²) in [6, 6.07) is 17.4. The molecule has 2 aromatic carbocycles. The fourth-order valence-corrected chi connectivity index (χ4v) is 3.03. The van der Waals surface area contributed by atoms with Gasteiger partial charge >= 0.3 is 0 Å². The first-order valence-corrected chi connectivity index (χ1v) is 9.82. The maximum atomic E-state index is 6.31. The van der Waals surface area contributed by atoms with Crippen molar-refractivity contribution in [3.05, 3.63) is 64.6 Å². The summed E-state index contributed by atoms with van der Waals surface area (Å²) in [6.07, 6.45) is 0.995. The Balaban J connectivity index is 1.87. The zero-order chi connectivity index (χ0) is 19.9. The lowest BCUT2D eigenvalue weighted by Crippen LogP contribution is -2.17. The van der Waals surface area contributed by atoms with E-state index in [2.05, 4.69) is 39.6 Å². The molecule has 28 heavy (non-hydrogen) atoms. The van der Waals surface area contributed by atoms with Crippen LogP contribution in [0.3, 0.4) is 0 Å². The molecule has 1 heterocycles. The minimum atomic E-state index is 0.463. The van der Waals surface area contributed by atoms with Crippen molar-refractivity contribution in [1.82, 2.24) is 14.9 Å². The number of halogens is 2. The van der Waals surface area contributed by atoms with Gasteiger partial charge < -0.3 is 15.5 Å². The van der Waals surface area contributed by atoms with E-state index in [0.29, 0.717) is 27.5 Å². The van der Waals surface area contributed by atoms with E-state index in [4.69, 9.17) is 23.2 Å². The quantitative estimate of drug-likeness (QED) is 0.471. The Bertz CT molecular complexity index is 916. The molecule has 0 bridgehead atoms. The van der Waals surface area contributed by atoms with E-state index >= 15 is 0 Å². The number of hydrogen-bond donors (Lipinski definition) is 2. The molecule has 0 aliphatic rings. The lowest BCUT2D eigenvalue weighted by atomic mass is 10.1. The third kappa shape index (κ3) is 5.58. The molecule has 1 aromatic heterocycles. The number of nitrogens with one attached hydrogen (secondary N) is 2. The van der Waals surface area contributed by atoms with Crippen LogP contribution < -0.4 is 10.6 Å². The van der Waals surface area contributed by atoms with Gasteiger partial charge in [0.2, 0.25) is 5.95 Å². The summed E-state index contributed by atoms with van der Waals surface area (Å²) in [5.41, 5.74) is 2.54. The second-order valence-corrected chi connectivity index (χ2v) is 7.42. The summed E-state index contributed by atoms with van der Waals surface area (Å²) in [6.45, 7) is 1.78. The zero-order valence-corrected chi connectivity index (χ0v) is 17.4. The lowest BCUT2D eigenvalue weighted by Gasteiger charge is -2.13. The van der Waals surface area contributed by atoms with Crippen LogP contribution >= 0.6 is 23.2 Å². The normalized spacial score (nSPS) is 10.9. The van der Waals surface area contributed by atoms with Gasteiger partial charge in [-0.3, -0.25) is 0 Å². The molecule has 0 saturated heterocycles. The molecule has 0 fully saturated rings. The lowest BCUT2D eigenvalue weighted by molar-refractivity contribution is 0.405. The van der Waals surface area contributed by atoms with Gasteiger partial charge in [0.15, 0.2) is 0 Å². The standard InChI is InChI=1S/C21H23Cl2N5/c1-28(2)13-7-12-24-21-26-18(15-8-4-3-5-9-15)14-19(27-21)25-17-11-6-10-16(22)20(17)23/h3-6,8-11,14H,7,12-13H2,1-2H3,(H2,24,25,26,27). The van der Waals surface area contributed by atoms with Crippen LogP contribution in [0.5, 0.6) is 0 Å². The average Bonchev–Trinajstić information content (AvgIpc) is 2.69. The van der Waals surface area contributed by atoms with Crippen LogP contribution in [-0.2, 0) is 0 Å². The van der Waals surface area contributed by atoms with Crippen molar-refractivity contribution >= 4 is 40.7 Å². The highest BCUT2D eigenvalue weighted by Gasteiger charge is 2.10. The molecule has 0 saturated carbocycles. The van der Waals surface area contributed by atoms with E-state index < -0.39 is 0 Å². The van der Waals surface area contributed by atoms with Gasteiger partial charge in [-0.25, -0.2) is 4.98 Å². The van der Waals surface area contributed by atoms with Gasteiger partial charge in [0.1, 0.15) is 5.82 Å². The molecule has 0 unspecified atom stereocenters. The van der Waals surface area contributed by atoms with Crippen LogP contribution in [0.4, 0.5) is 17.5 Å². The van der Waals surface area contributed by atoms with E-state index in [1.165, 1.54) is 0 Å². The smallest absolute Gasteiger partial charge is 0.225 e. The highest BCUT2D eigenvalue weighted by Crippen LogP contribution is 2.32. The summed E-state index contributed by atoms with van der Waals surface area (Å²) >= 11 is 12.4. The highest BCUT2D eigenvalue weighted by atomic mass is 35.5. The second kappa shape index (κ2) is 9.73. The fourth-order valence-electron chi connectivity index (χ4n) is 2.68. The van der Waals surface area contributed by atoms with Crippen molar-refractivity contribution in [2.45, 2.75) is 6.42 Å². The topological polar surface area (TPSA) is 53.1 Å². The number of benzene rings is 2. The van der Waals surface area contributed by atoms with Gasteiger partial charge in [-0.2, -0.15) is 4.98 Å². The van der Waals surface area contributed by atoms with Gasteiger partial charge in [-0.1, -0.05) is 59.6 Å². The molecule has 3 rings (SSSR count). The van der Waals surface area contributed by atoms with Gasteiger partial charge in [0.05, 0.1) is 21.4 Å². The number of rotatable bonds is 8. The van der Waals surface area contributed by atoms with Crippen LogP contribution in [0.1, 0.15) is 6.42 Å². The third-order valence-corrected chi connectivity index (χ3v) is 4.89. The van der Waals surface area contributed by atoms with Gasteiger partial charge in [0, 0.05) is 18.2 Å². The predicted molar refractivity (Wildman–Crippen MR) is 119 cm³/mol. The molecule has 146 valence electrons. The summed E-state index contributed by atoms with van der Waals surface area (Å²) in [5, 5.41) is 7.53. The highest BCUT2D eigenvalue weighted by molar-refractivity contribution is 6.43. The Labute approximate surface area is 175 Å². The fraction of sp³-hybridized carbons (Fsp3) is 0.238. The van der Waals surface area contributed by atoms with Crippen LogP contribution in [0.15, 0.2) is 54.6 Å². The summed E-state index contributed by atoms with van der Waals surface area (Å²) in [5.74, 6) is 1.22. The molecule has 0 amide bonds. The Morgan fingerprint density at radius 2 is 1.75 bits per heavy atom. The molecule has 5 nitrogen and oxygen atoms in total. The van der Waals surface area contributed by atoms with Gasteiger partial charge in [0.25, 0.3) is 0 Å². The summed E-state index contributed by atoms with van der Waals surface area (Å²) in [7, 11) is 4.12. The summed E-state index contributed by atoms with van der Waals surface area (Å²) in [4.78, 5) is 11.4. The predicted octanol–water partition coefficient (Wildman–Crippen LogP) is 5.56. The van der Waals surface area contributed by atoms with E-state index in [1.54, 1.807) is 6.07 Å². The molecule has 0 aliphatic carbocycles. The first-order valence-electron chi connectivity index (χ1n) is 9.07. The van der Waals surface area contributed by atoms with Crippen LogP contribution in [0.25, 0.3) is 11.3 Å². The second-order valence-electron chi connectivity index (χ2n) is 6.64. The molecular formula is C21H23Cl2N5. The van der Waals surface area contributed by atoms with Crippen LogP contribution in [0.2, 0.25) is 10.0 Å². The van der Waals surface area contributed by atoms with Crippen LogP contribution in [-0.4, -0.2) is 42.1 Å². The minimum Gasteiger partial charge on any atom is -0.354 e. The van der Waals surface area contributed by atoms with E-state index in [0.717, 1.165) is 30.8 Å². The Morgan fingerprint density at radius 3 is 2.50 bits per heavy atom. The number of nitrogens with zero attached hydrogens (tertiary/aromatic N) is 3. The molecular weight excluding hydrogens is 393 g/mol. The SMILES string of the molecule is CN(C)CCCNc1nc(Nc2cccc(Cl)c2Cl)cc(-c2ccccc2)n1. The molecule has 0 radical (unpaired) electrons. The average molecular weight is 416 g/mol. The Morgan fingerprint density at radius 1 is 0.964 bits per heavy atom. The summed E-state index contributed by atoms with van der Waals surface area (Å²) < 4.78 is 0. The van der Waals surface area contributed by atoms with Crippen molar-refractivity contribution in [1.29, 1.82) is 0 Å². The number of hydrogen-bond acceptors (Lipinski definition) is 5. The first kappa shape index (κ1) is 20.4. The number of aromatic nitrogens is 2. The molecule has 2 N–H and O–H groups in total. The van der Waals surface area contributed by atoms with Crippen molar-refractivity contribution in [3.63, 3.8) is 0 Å². The minimum absolute atomic E-state index is 0.463. The first-order chi connectivity index (χ1) is 13.5. The number of anilines is 3. The van der Waals surface area contributed by atoms with Crippen molar-refractivity contribution in [2.24, 2.45) is 0 Å². The monoisotopic (exact) mass is 415 g/mol. The largest absolute Gasteiger partial charge is 0.354 e. The van der Waals surface area contributed by atoms with Crippen molar-refractivity contribution < 1.29 is 0 Å². The maximum absolute atomic E-state index is 6.31. The van der Waals surface area contributed by atoms with E-state index in [9.17, 15) is 0 Å². The van der Waals surface area contributed by atoms with Crippen LogP contribution in [0, 0.1) is 0 Å². The van der Waals surface area contributed by atoms with Crippen molar-refractivity contribution in [2.75, 3.05) is 37.8 Å². The molecule has 0 spiro atoms. The third-order valence-electron chi connectivity index (χ3n) is 4.08. The zero-order valence-electron chi connectivity index (χ0n) is 15.9. The maximum Gasteiger partial charge on any atom is 0.225 e. The molecule has 3 aromatic rings. The van der Waals surface area contributed by atoms with Gasteiger partial charge in [-0.15, -0.1) is 0 Å². The Hall–Kier alpha value is -2.34. The molecule has 0 atom stereocenters. The molecule has 7 heteroatoms. The van der Waals surface area contributed by atoms with Crippen molar-refractivity contribution in [3.8, 4) is 11.3 Å². The van der Waals surface area contributed by atoms with E-state index in [1.807, 2.05) is 48.5 Å². The van der Waals surface area contributed by atoms with Gasteiger partial charge in [-0.05, 0) is 39.2 Å².